The summed E-state index contributed by atoms with van der Waals surface area (Å²) in [5, 5.41) is 3.61. The van der Waals surface area contributed by atoms with Gasteiger partial charge in [-0.15, -0.1) is 0 Å². The van der Waals surface area contributed by atoms with E-state index in [2.05, 4.69) is 78.0 Å². The Bertz CT molecular complexity index is 381. The molecule has 0 aliphatic carbocycles. The summed E-state index contributed by atoms with van der Waals surface area (Å²) in [6.07, 6.45) is 0. The lowest BCUT2D eigenvalue weighted by Crippen LogP contribution is -2.27. The van der Waals surface area contributed by atoms with Gasteiger partial charge in [0, 0.05) is 6.54 Å². The first-order valence-corrected chi connectivity index (χ1v) is 8.03. The first-order valence-electron chi connectivity index (χ1n) is 8.03. The van der Waals surface area contributed by atoms with Crippen molar-refractivity contribution in [3.8, 4) is 0 Å². The van der Waals surface area contributed by atoms with Gasteiger partial charge in [0.1, 0.15) is 0 Å². The minimum atomic E-state index is 0.238. The van der Waals surface area contributed by atoms with Crippen molar-refractivity contribution in [2.45, 2.75) is 59.8 Å². The Hall–Kier alpha value is -0.820. The molecular formula is C19H33N. The van der Waals surface area contributed by atoms with Crippen molar-refractivity contribution in [2.24, 2.45) is 11.8 Å². The maximum Gasteiger partial charge on any atom is 0.00227 e. The Labute approximate surface area is 126 Å². The third-order valence-corrected chi connectivity index (χ3v) is 3.93. The maximum atomic E-state index is 3.61. The minimum absolute atomic E-state index is 0.238. The minimum Gasteiger partial charge on any atom is -0.316 e. The van der Waals surface area contributed by atoms with Gasteiger partial charge in [-0.2, -0.15) is 0 Å². The number of hydrogen-bond donors (Lipinski definition) is 1. The topological polar surface area (TPSA) is 12.0 Å². The molecule has 0 radical (unpaired) electrons. The molecule has 1 rings (SSSR count). The molecule has 0 aromatic heterocycles. The summed E-state index contributed by atoms with van der Waals surface area (Å²) in [6, 6.07) is 9.24. The van der Waals surface area contributed by atoms with Crippen LogP contribution < -0.4 is 5.32 Å². The van der Waals surface area contributed by atoms with Gasteiger partial charge in [0.05, 0.1) is 0 Å². The van der Waals surface area contributed by atoms with Crippen LogP contribution in [0.3, 0.4) is 0 Å². The first-order chi connectivity index (χ1) is 9.21. The molecule has 1 nitrogen and oxygen atoms in total. The molecule has 0 aliphatic heterocycles. The van der Waals surface area contributed by atoms with Gasteiger partial charge in [0.2, 0.25) is 0 Å². The van der Waals surface area contributed by atoms with Crippen molar-refractivity contribution < 1.29 is 0 Å². The van der Waals surface area contributed by atoms with Crippen LogP contribution in [0, 0.1) is 11.8 Å². The van der Waals surface area contributed by atoms with Crippen molar-refractivity contribution >= 4 is 0 Å². The zero-order valence-electron chi connectivity index (χ0n) is 14.5. The van der Waals surface area contributed by atoms with Crippen molar-refractivity contribution in [1.82, 2.24) is 5.32 Å². The van der Waals surface area contributed by atoms with Gasteiger partial charge in [-0.25, -0.2) is 0 Å². The van der Waals surface area contributed by atoms with Crippen molar-refractivity contribution in [1.29, 1.82) is 0 Å². The van der Waals surface area contributed by atoms with E-state index >= 15 is 0 Å². The highest BCUT2D eigenvalue weighted by Crippen LogP contribution is 2.27. The Balaban J connectivity index is 2.77. The Morgan fingerprint density at radius 2 is 1.45 bits per heavy atom. The normalized spacial score (nSPS) is 14.1. The van der Waals surface area contributed by atoms with Crippen molar-refractivity contribution in [3.63, 3.8) is 0 Å². The van der Waals surface area contributed by atoms with Crippen LogP contribution in [0.1, 0.15) is 65.5 Å². The van der Waals surface area contributed by atoms with Gasteiger partial charge in [-0.3, -0.25) is 0 Å². The van der Waals surface area contributed by atoms with Crippen LogP contribution in [0.4, 0.5) is 0 Å². The van der Waals surface area contributed by atoms with Crippen molar-refractivity contribution in [3.05, 3.63) is 35.4 Å². The van der Waals surface area contributed by atoms with E-state index in [9.17, 15) is 0 Å². The molecule has 0 bridgehead atoms. The van der Waals surface area contributed by atoms with E-state index in [0.29, 0.717) is 17.8 Å². The number of benzene rings is 1. The van der Waals surface area contributed by atoms with Crippen LogP contribution in [0.15, 0.2) is 24.3 Å². The van der Waals surface area contributed by atoms with E-state index in [-0.39, 0.29) is 5.41 Å². The third kappa shape index (κ3) is 5.28. The average Bonchev–Trinajstić information content (AvgIpc) is 2.33. The molecule has 0 saturated heterocycles. The van der Waals surface area contributed by atoms with E-state index in [1.54, 1.807) is 0 Å². The second kappa shape index (κ2) is 7.26. The molecule has 1 unspecified atom stereocenters. The maximum absolute atomic E-state index is 3.61. The van der Waals surface area contributed by atoms with Crippen LogP contribution in [-0.2, 0) is 5.41 Å². The van der Waals surface area contributed by atoms with Gasteiger partial charge >= 0.3 is 0 Å². The lowest BCUT2D eigenvalue weighted by atomic mass is 9.83. The molecule has 0 aliphatic rings. The van der Waals surface area contributed by atoms with Gasteiger partial charge in [0.25, 0.3) is 0 Å². The molecule has 0 heterocycles. The molecule has 0 spiro atoms. The highest BCUT2D eigenvalue weighted by molar-refractivity contribution is 5.30. The molecule has 0 fully saturated rings. The van der Waals surface area contributed by atoms with E-state index in [1.807, 2.05) is 0 Å². The molecule has 1 aromatic carbocycles. The highest BCUT2D eigenvalue weighted by Gasteiger charge is 2.18. The lowest BCUT2D eigenvalue weighted by molar-refractivity contribution is 0.442. The molecule has 1 heteroatoms. The van der Waals surface area contributed by atoms with Gasteiger partial charge < -0.3 is 5.32 Å². The standard InChI is InChI=1S/C19H33N/c1-14(2)12-20-13-18(15(3)4)16-8-10-17(11-9-16)19(5,6)7/h8-11,14-15,18,20H,12-13H2,1-7H3. The number of hydrogen-bond acceptors (Lipinski definition) is 1. The van der Waals surface area contributed by atoms with E-state index < -0.39 is 0 Å². The summed E-state index contributed by atoms with van der Waals surface area (Å²) >= 11 is 0. The summed E-state index contributed by atoms with van der Waals surface area (Å²) in [4.78, 5) is 0. The van der Waals surface area contributed by atoms with Gasteiger partial charge in [0.15, 0.2) is 0 Å². The Kier molecular flexibility index (Phi) is 6.26. The molecule has 20 heavy (non-hydrogen) atoms. The molecule has 0 amide bonds. The average molecular weight is 275 g/mol. The van der Waals surface area contributed by atoms with Crippen LogP contribution >= 0.6 is 0 Å². The Morgan fingerprint density at radius 3 is 1.85 bits per heavy atom. The fraction of sp³-hybridized carbons (Fsp3) is 0.684. The van der Waals surface area contributed by atoms with Crippen LogP contribution in [0.25, 0.3) is 0 Å². The highest BCUT2D eigenvalue weighted by atomic mass is 14.9. The fourth-order valence-corrected chi connectivity index (χ4v) is 2.50. The summed E-state index contributed by atoms with van der Waals surface area (Å²) in [6.45, 7) is 18.1. The zero-order chi connectivity index (χ0) is 15.3. The monoisotopic (exact) mass is 275 g/mol. The second-order valence-corrected chi connectivity index (χ2v) is 7.77. The predicted molar refractivity (Wildman–Crippen MR) is 90.4 cm³/mol. The SMILES string of the molecule is CC(C)CNCC(c1ccc(C(C)(C)C)cc1)C(C)C. The molecule has 1 aromatic rings. The quantitative estimate of drug-likeness (QED) is 0.773. The van der Waals surface area contributed by atoms with Crippen LogP contribution in [0.5, 0.6) is 0 Å². The first kappa shape index (κ1) is 17.2. The second-order valence-electron chi connectivity index (χ2n) is 7.77. The number of rotatable bonds is 6. The molecule has 1 N–H and O–H groups in total. The summed E-state index contributed by atoms with van der Waals surface area (Å²) in [5.41, 5.74) is 3.12. The smallest absolute Gasteiger partial charge is 0.00227 e. The number of nitrogens with one attached hydrogen (secondary N) is 1. The van der Waals surface area contributed by atoms with Gasteiger partial charge in [-0.1, -0.05) is 72.7 Å². The summed E-state index contributed by atoms with van der Waals surface area (Å²) in [7, 11) is 0. The van der Waals surface area contributed by atoms with Crippen LogP contribution in [0.2, 0.25) is 0 Å². The largest absolute Gasteiger partial charge is 0.316 e. The summed E-state index contributed by atoms with van der Waals surface area (Å²) in [5.74, 6) is 1.98. The fourth-order valence-electron chi connectivity index (χ4n) is 2.50. The van der Waals surface area contributed by atoms with Crippen molar-refractivity contribution in [2.75, 3.05) is 13.1 Å². The molecular weight excluding hydrogens is 242 g/mol. The summed E-state index contributed by atoms with van der Waals surface area (Å²) < 4.78 is 0. The predicted octanol–water partition coefficient (Wildman–Crippen LogP) is 4.97. The van der Waals surface area contributed by atoms with E-state index in [4.69, 9.17) is 0 Å². The molecule has 0 saturated carbocycles. The van der Waals surface area contributed by atoms with E-state index in [1.165, 1.54) is 11.1 Å². The third-order valence-electron chi connectivity index (χ3n) is 3.93. The van der Waals surface area contributed by atoms with Gasteiger partial charge in [-0.05, 0) is 40.8 Å². The molecule has 114 valence electrons. The van der Waals surface area contributed by atoms with E-state index in [0.717, 1.165) is 13.1 Å². The van der Waals surface area contributed by atoms with Crippen LogP contribution in [-0.4, -0.2) is 13.1 Å². The Morgan fingerprint density at radius 1 is 0.900 bits per heavy atom. The zero-order valence-corrected chi connectivity index (χ0v) is 14.5. The lowest BCUT2D eigenvalue weighted by Gasteiger charge is -2.24. The molecule has 1 atom stereocenters.